The van der Waals surface area contributed by atoms with Crippen LogP contribution in [0.15, 0.2) is 28.8 Å². The number of carbonyl (C=O) groups excluding carboxylic acids is 2. The highest BCUT2D eigenvalue weighted by atomic mass is 16.5. The molecule has 1 aliphatic carbocycles. The van der Waals surface area contributed by atoms with Gasteiger partial charge in [-0.1, -0.05) is 36.9 Å². The van der Waals surface area contributed by atoms with Crippen LogP contribution in [0.1, 0.15) is 63.6 Å². The van der Waals surface area contributed by atoms with Crippen LogP contribution in [0.3, 0.4) is 0 Å². The van der Waals surface area contributed by atoms with Crippen LogP contribution in [0.5, 0.6) is 5.75 Å². The van der Waals surface area contributed by atoms with E-state index in [9.17, 15) is 9.59 Å². The Morgan fingerprint density at radius 2 is 1.85 bits per heavy atom. The summed E-state index contributed by atoms with van der Waals surface area (Å²) in [7, 11) is 1.66. The molecule has 9 nitrogen and oxygen atoms in total. The minimum atomic E-state index is -0.565. The Hall–Kier alpha value is -3.10. The van der Waals surface area contributed by atoms with Gasteiger partial charge < -0.3 is 24.4 Å². The van der Waals surface area contributed by atoms with Crippen LogP contribution in [0.25, 0.3) is 0 Å². The van der Waals surface area contributed by atoms with E-state index in [4.69, 9.17) is 9.26 Å². The summed E-state index contributed by atoms with van der Waals surface area (Å²) in [6.45, 7) is 4.44. The molecule has 1 aromatic carbocycles. The summed E-state index contributed by atoms with van der Waals surface area (Å²) in [5, 5.41) is 7.31. The first kappa shape index (κ1) is 24.0. The maximum atomic E-state index is 12.8. The normalized spacial score (nSPS) is 18.3. The van der Waals surface area contributed by atoms with E-state index in [-0.39, 0.29) is 11.8 Å². The molecule has 1 saturated heterocycles. The summed E-state index contributed by atoms with van der Waals surface area (Å²) in [6, 6.07) is 8.00. The van der Waals surface area contributed by atoms with Crippen molar-refractivity contribution in [3.63, 3.8) is 0 Å². The fourth-order valence-electron chi connectivity index (χ4n) is 5.02. The molecule has 0 radical (unpaired) electrons. The lowest BCUT2D eigenvalue weighted by molar-refractivity contribution is -0.131. The van der Waals surface area contributed by atoms with E-state index in [1.165, 1.54) is 6.92 Å². The van der Waals surface area contributed by atoms with E-state index in [0.717, 1.165) is 63.1 Å². The number of nitrogens with zero attached hydrogens (tertiary/aromatic N) is 4. The fraction of sp³-hybridized carbons (Fsp3) is 0.600. The van der Waals surface area contributed by atoms with Crippen molar-refractivity contribution in [2.45, 2.75) is 63.8 Å². The molecule has 1 saturated carbocycles. The van der Waals surface area contributed by atoms with E-state index in [2.05, 4.69) is 26.4 Å². The maximum Gasteiger partial charge on any atom is 0.227 e. The Morgan fingerprint density at radius 3 is 2.53 bits per heavy atom. The topological polar surface area (TPSA) is 101 Å². The van der Waals surface area contributed by atoms with Gasteiger partial charge in [0.25, 0.3) is 0 Å². The monoisotopic (exact) mass is 469 g/mol. The van der Waals surface area contributed by atoms with Crippen molar-refractivity contribution in [2.75, 3.05) is 38.2 Å². The van der Waals surface area contributed by atoms with Gasteiger partial charge in [-0.3, -0.25) is 9.59 Å². The quantitative estimate of drug-likeness (QED) is 0.622. The highest BCUT2D eigenvalue weighted by Crippen LogP contribution is 2.34. The van der Waals surface area contributed by atoms with Gasteiger partial charge in [0.15, 0.2) is 5.82 Å². The van der Waals surface area contributed by atoms with Crippen LogP contribution in [-0.2, 0) is 21.5 Å². The Bertz CT molecular complexity index is 975. The van der Waals surface area contributed by atoms with Crippen molar-refractivity contribution in [3.05, 3.63) is 36.0 Å². The fourth-order valence-corrected chi connectivity index (χ4v) is 5.02. The van der Waals surface area contributed by atoms with Crippen molar-refractivity contribution < 1.29 is 18.8 Å². The van der Waals surface area contributed by atoms with Crippen molar-refractivity contribution in [1.82, 2.24) is 20.4 Å². The molecule has 2 aliphatic rings. The minimum absolute atomic E-state index is 0.0866. The Kier molecular flexibility index (Phi) is 7.70. The molecule has 1 aromatic heterocycles. The zero-order valence-electron chi connectivity index (χ0n) is 20.2. The number of nitrogens with one attached hydrogen (secondary N) is 1. The average molecular weight is 470 g/mol. The largest absolute Gasteiger partial charge is 0.497 e. The lowest BCUT2D eigenvalue weighted by Gasteiger charge is -2.36. The molecule has 34 heavy (non-hydrogen) atoms. The lowest BCUT2D eigenvalue weighted by atomic mass is 9.89. The van der Waals surface area contributed by atoms with Gasteiger partial charge in [-0.05, 0) is 25.0 Å². The molecule has 2 heterocycles. The Labute approximate surface area is 200 Å². The highest BCUT2D eigenvalue weighted by Gasteiger charge is 2.38. The lowest BCUT2D eigenvalue weighted by Crippen LogP contribution is -2.48. The smallest absolute Gasteiger partial charge is 0.227 e. The zero-order chi connectivity index (χ0) is 24.0. The van der Waals surface area contributed by atoms with Crippen molar-refractivity contribution in [3.8, 4) is 5.75 Å². The van der Waals surface area contributed by atoms with Gasteiger partial charge in [0.1, 0.15) is 11.3 Å². The van der Waals surface area contributed by atoms with Crippen LogP contribution in [-0.4, -0.2) is 60.1 Å². The first-order chi connectivity index (χ1) is 16.5. The van der Waals surface area contributed by atoms with Gasteiger partial charge in [0, 0.05) is 57.7 Å². The molecule has 0 atom stereocenters. The van der Waals surface area contributed by atoms with Gasteiger partial charge in [0.2, 0.25) is 17.7 Å². The van der Waals surface area contributed by atoms with Crippen molar-refractivity contribution in [1.29, 1.82) is 0 Å². The van der Waals surface area contributed by atoms with Gasteiger partial charge in [-0.15, -0.1) is 0 Å². The second kappa shape index (κ2) is 10.9. The average Bonchev–Trinajstić information content (AvgIpc) is 3.22. The van der Waals surface area contributed by atoms with Crippen LogP contribution in [0.2, 0.25) is 0 Å². The molecule has 2 fully saturated rings. The standard InChI is InChI=1S/C25H35N5O4/c1-19(31)27-25(12-5-3-4-6-13-25)24-26-22(34-28-24)10-11-23(32)30-16-14-29(15-17-30)20-8-7-9-21(18-20)33-2/h7-9,18H,3-6,10-17H2,1-2H3,(H,27,31). The van der Waals surface area contributed by atoms with Crippen LogP contribution in [0.4, 0.5) is 5.69 Å². The third kappa shape index (κ3) is 5.69. The summed E-state index contributed by atoms with van der Waals surface area (Å²) >= 11 is 0. The molecular formula is C25H35N5O4. The third-order valence-corrected chi connectivity index (χ3v) is 6.87. The summed E-state index contributed by atoms with van der Waals surface area (Å²) in [6.07, 6.45) is 6.67. The van der Waals surface area contributed by atoms with E-state index < -0.39 is 5.54 Å². The first-order valence-electron chi connectivity index (χ1n) is 12.3. The number of ether oxygens (including phenoxy) is 1. The summed E-state index contributed by atoms with van der Waals surface area (Å²) in [4.78, 5) is 33.5. The molecule has 2 amide bonds. The van der Waals surface area contributed by atoms with Gasteiger partial charge in [0.05, 0.1) is 7.11 Å². The zero-order valence-corrected chi connectivity index (χ0v) is 20.2. The van der Waals surface area contributed by atoms with Crippen LogP contribution in [0, 0.1) is 0 Å². The van der Waals surface area contributed by atoms with E-state index >= 15 is 0 Å². The number of rotatable bonds is 7. The number of carbonyl (C=O) groups is 2. The predicted octanol–water partition coefficient (Wildman–Crippen LogP) is 3.05. The molecular weight excluding hydrogens is 434 g/mol. The number of anilines is 1. The van der Waals surface area contributed by atoms with E-state index in [0.29, 0.717) is 37.6 Å². The molecule has 1 N–H and O–H groups in total. The SMILES string of the molecule is COc1cccc(N2CCN(C(=O)CCc3nc(C4(NC(C)=O)CCCCCC4)no3)CC2)c1. The molecule has 184 valence electrons. The summed E-state index contributed by atoms with van der Waals surface area (Å²) < 4.78 is 10.8. The minimum Gasteiger partial charge on any atom is -0.497 e. The molecule has 0 unspecified atom stereocenters. The third-order valence-electron chi connectivity index (χ3n) is 6.87. The number of methoxy groups -OCH3 is 1. The van der Waals surface area contributed by atoms with Crippen molar-refractivity contribution in [2.24, 2.45) is 0 Å². The van der Waals surface area contributed by atoms with E-state index in [1.807, 2.05) is 23.1 Å². The van der Waals surface area contributed by atoms with Crippen molar-refractivity contribution >= 4 is 17.5 Å². The number of benzene rings is 1. The number of piperazine rings is 1. The highest BCUT2D eigenvalue weighted by molar-refractivity contribution is 5.76. The molecule has 0 spiro atoms. The first-order valence-corrected chi connectivity index (χ1v) is 12.3. The number of hydrogen-bond donors (Lipinski definition) is 1. The number of aromatic nitrogens is 2. The Morgan fingerprint density at radius 1 is 1.12 bits per heavy atom. The van der Waals surface area contributed by atoms with Gasteiger partial charge in [-0.2, -0.15) is 4.98 Å². The van der Waals surface area contributed by atoms with Gasteiger partial charge >= 0.3 is 0 Å². The van der Waals surface area contributed by atoms with Crippen LogP contribution >= 0.6 is 0 Å². The molecule has 0 bridgehead atoms. The number of hydrogen-bond acceptors (Lipinski definition) is 7. The second-order valence-electron chi connectivity index (χ2n) is 9.26. The predicted molar refractivity (Wildman–Crippen MR) is 128 cm³/mol. The van der Waals surface area contributed by atoms with Crippen LogP contribution < -0.4 is 15.0 Å². The summed E-state index contributed by atoms with van der Waals surface area (Å²) in [5.41, 5.74) is 0.543. The maximum absolute atomic E-state index is 12.8. The molecule has 1 aliphatic heterocycles. The number of amides is 2. The van der Waals surface area contributed by atoms with E-state index in [1.54, 1.807) is 7.11 Å². The molecule has 4 rings (SSSR count). The Balaban J connectivity index is 1.31. The van der Waals surface area contributed by atoms with Gasteiger partial charge in [-0.25, -0.2) is 0 Å². The number of aryl methyl sites for hydroxylation is 1. The second-order valence-corrected chi connectivity index (χ2v) is 9.26. The molecule has 2 aromatic rings. The summed E-state index contributed by atoms with van der Waals surface area (Å²) in [5.74, 6) is 1.83. The molecule has 9 heteroatoms.